The topological polar surface area (TPSA) is 32.7 Å². The van der Waals surface area contributed by atoms with Crippen molar-refractivity contribution in [3.05, 3.63) is 0 Å². The lowest BCUT2D eigenvalue weighted by atomic mass is 10.1. The van der Waals surface area contributed by atoms with Crippen LogP contribution in [0.4, 0.5) is 0 Å². The minimum atomic E-state index is -0.122. The fraction of sp³-hybridized carbons (Fsp3) is 1.00. The van der Waals surface area contributed by atoms with Crippen molar-refractivity contribution in [2.75, 3.05) is 37.7 Å². The molecule has 1 saturated heterocycles. The molecular weight excluding hydrogens is 210 g/mol. The van der Waals surface area contributed by atoms with Gasteiger partial charge in [-0.25, -0.2) is 0 Å². The first kappa shape index (κ1) is 13.3. The molecule has 0 spiro atoms. The van der Waals surface area contributed by atoms with Crippen molar-refractivity contribution in [1.82, 2.24) is 4.90 Å². The molecule has 1 fully saturated rings. The van der Waals surface area contributed by atoms with Crippen LogP contribution in [-0.2, 0) is 4.74 Å². The highest BCUT2D eigenvalue weighted by atomic mass is 32.2. The molecule has 0 bridgehead atoms. The molecule has 0 aromatic rings. The molecule has 90 valence electrons. The summed E-state index contributed by atoms with van der Waals surface area (Å²) in [6, 6.07) is 0. The molecule has 0 aliphatic carbocycles. The van der Waals surface area contributed by atoms with Gasteiger partial charge in [-0.1, -0.05) is 6.92 Å². The molecule has 0 radical (unpaired) electrons. The summed E-state index contributed by atoms with van der Waals surface area (Å²) in [5.41, 5.74) is -0.122. The minimum Gasteiger partial charge on any atom is -0.394 e. The lowest BCUT2D eigenvalue weighted by Gasteiger charge is -2.42. The van der Waals surface area contributed by atoms with Gasteiger partial charge in [0.1, 0.15) is 0 Å². The van der Waals surface area contributed by atoms with Gasteiger partial charge in [0.2, 0.25) is 0 Å². The van der Waals surface area contributed by atoms with E-state index in [4.69, 9.17) is 9.84 Å². The third kappa shape index (κ3) is 4.72. The zero-order valence-electron chi connectivity index (χ0n) is 10.0. The lowest BCUT2D eigenvalue weighted by Crippen LogP contribution is -2.54. The number of aliphatic hydroxyl groups excluding tert-OH is 1. The molecule has 1 heterocycles. The maximum Gasteiger partial charge on any atom is 0.0940 e. The Bertz CT molecular complexity index is 187. The van der Waals surface area contributed by atoms with Crippen LogP contribution in [0.1, 0.15) is 20.8 Å². The highest BCUT2D eigenvalue weighted by molar-refractivity contribution is 7.99. The van der Waals surface area contributed by atoms with E-state index in [1.165, 1.54) is 11.5 Å². The van der Waals surface area contributed by atoms with Crippen molar-refractivity contribution < 1.29 is 9.84 Å². The van der Waals surface area contributed by atoms with Crippen LogP contribution < -0.4 is 0 Å². The number of nitrogens with zero attached hydrogens (tertiary/aromatic N) is 1. The molecule has 1 N–H and O–H groups in total. The van der Waals surface area contributed by atoms with Crippen molar-refractivity contribution in [2.24, 2.45) is 0 Å². The Labute approximate surface area is 97.2 Å². The molecule has 3 nitrogen and oxygen atoms in total. The van der Waals surface area contributed by atoms with E-state index in [1.54, 1.807) is 0 Å². The second kappa shape index (κ2) is 6.09. The summed E-state index contributed by atoms with van der Waals surface area (Å²) in [4.78, 5) is 2.40. The van der Waals surface area contributed by atoms with Crippen LogP contribution in [0.25, 0.3) is 0 Å². The van der Waals surface area contributed by atoms with E-state index >= 15 is 0 Å². The summed E-state index contributed by atoms with van der Waals surface area (Å²) in [5, 5.41) is 9.16. The predicted octanol–water partition coefficient (Wildman–Crippen LogP) is 1.21. The molecule has 0 amide bonds. The van der Waals surface area contributed by atoms with Gasteiger partial charge in [0.25, 0.3) is 0 Å². The van der Waals surface area contributed by atoms with E-state index in [0.29, 0.717) is 0 Å². The molecule has 4 heteroatoms. The van der Waals surface area contributed by atoms with Crippen molar-refractivity contribution >= 4 is 11.8 Å². The Balaban J connectivity index is 2.36. The molecule has 1 rings (SSSR count). The van der Waals surface area contributed by atoms with Crippen molar-refractivity contribution in [3.8, 4) is 0 Å². The Morgan fingerprint density at radius 2 is 2.27 bits per heavy atom. The Hall–Kier alpha value is 0.230. The van der Waals surface area contributed by atoms with Crippen LogP contribution in [0.5, 0.6) is 0 Å². The summed E-state index contributed by atoms with van der Waals surface area (Å²) in [5.74, 6) is 2.35. The van der Waals surface area contributed by atoms with E-state index in [9.17, 15) is 0 Å². The maximum atomic E-state index is 9.16. The van der Waals surface area contributed by atoms with Gasteiger partial charge in [0.05, 0.1) is 18.3 Å². The Morgan fingerprint density at radius 1 is 1.53 bits per heavy atom. The highest BCUT2D eigenvalue weighted by Crippen LogP contribution is 2.20. The molecular formula is C11H23NO2S. The fourth-order valence-electron chi connectivity index (χ4n) is 2.02. The first-order valence-corrected chi connectivity index (χ1v) is 6.81. The number of rotatable bonds is 5. The average Bonchev–Trinajstić information content (AvgIpc) is 2.16. The van der Waals surface area contributed by atoms with E-state index in [-0.39, 0.29) is 18.3 Å². The van der Waals surface area contributed by atoms with E-state index in [1.807, 2.05) is 11.8 Å². The molecule has 1 unspecified atom stereocenters. The number of aliphatic hydroxyl groups is 1. The molecule has 0 aromatic carbocycles. The highest BCUT2D eigenvalue weighted by Gasteiger charge is 2.32. The van der Waals surface area contributed by atoms with Gasteiger partial charge >= 0.3 is 0 Å². The smallest absolute Gasteiger partial charge is 0.0940 e. The first-order chi connectivity index (χ1) is 7.07. The van der Waals surface area contributed by atoms with Gasteiger partial charge < -0.3 is 9.84 Å². The second-order valence-corrected chi connectivity index (χ2v) is 6.01. The maximum absolute atomic E-state index is 9.16. The van der Waals surface area contributed by atoms with Crippen LogP contribution in [-0.4, -0.2) is 59.5 Å². The van der Waals surface area contributed by atoms with Gasteiger partial charge in [0.15, 0.2) is 0 Å². The van der Waals surface area contributed by atoms with Crippen molar-refractivity contribution in [3.63, 3.8) is 0 Å². The molecule has 1 aliphatic rings. The van der Waals surface area contributed by atoms with Crippen LogP contribution >= 0.6 is 11.8 Å². The molecule has 15 heavy (non-hydrogen) atoms. The lowest BCUT2D eigenvalue weighted by molar-refractivity contribution is -0.147. The average molecular weight is 233 g/mol. The number of ether oxygens (including phenoxy) is 1. The van der Waals surface area contributed by atoms with Gasteiger partial charge in [-0.05, 0) is 19.6 Å². The minimum absolute atomic E-state index is 0.0135. The number of hydrogen-bond donors (Lipinski definition) is 1. The zero-order valence-corrected chi connectivity index (χ0v) is 10.8. The number of thioether (sulfide) groups is 1. The number of morpholine rings is 1. The van der Waals surface area contributed by atoms with Gasteiger partial charge in [-0.3, -0.25) is 4.90 Å². The third-order valence-corrected chi connectivity index (χ3v) is 3.39. The first-order valence-electron chi connectivity index (χ1n) is 5.66. The van der Waals surface area contributed by atoms with E-state index in [0.717, 1.165) is 19.6 Å². The fourth-order valence-corrected chi connectivity index (χ4v) is 2.70. The molecule has 1 atom stereocenters. The normalized spacial score (nSPS) is 26.8. The molecule has 0 saturated carbocycles. The molecule has 1 aliphatic heterocycles. The Morgan fingerprint density at radius 3 is 2.87 bits per heavy atom. The third-order valence-electron chi connectivity index (χ3n) is 2.51. The quantitative estimate of drug-likeness (QED) is 0.724. The predicted molar refractivity (Wildman–Crippen MR) is 65.5 cm³/mol. The summed E-state index contributed by atoms with van der Waals surface area (Å²) in [7, 11) is 0. The largest absolute Gasteiger partial charge is 0.394 e. The second-order valence-electron chi connectivity index (χ2n) is 4.61. The summed E-state index contributed by atoms with van der Waals surface area (Å²) >= 11 is 1.97. The summed E-state index contributed by atoms with van der Waals surface area (Å²) in [6.07, 6.45) is -0.0135. The van der Waals surface area contributed by atoms with Gasteiger partial charge in [-0.2, -0.15) is 11.8 Å². The number of hydrogen-bond acceptors (Lipinski definition) is 4. The zero-order chi connectivity index (χ0) is 11.3. The van der Waals surface area contributed by atoms with E-state index < -0.39 is 0 Å². The van der Waals surface area contributed by atoms with Crippen molar-refractivity contribution in [2.45, 2.75) is 32.5 Å². The van der Waals surface area contributed by atoms with Crippen LogP contribution in [0, 0.1) is 0 Å². The van der Waals surface area contributed by atoms with Gasteiger partial charge in [-0.15, -0.1) is 0 Å². The standard InChI is InChI=1S/C11H23NO2S/c1-4-15-6-5-12-7-10(8-13)14-11(2,3)9-12/h10,13H,4-9H2,1-3H3. The summed E-state index contributed by atoms with van der Waals surface area (Å²) < 4.78 is 5.76. The SMILES string of the molecule is CCSCCN1CC(CO)OC(C)(C)C1. The summed E-state index contributed by atoms with van der Waals surface area (Å²) in [6.45, 7) is 9.43. The van der Waals surface area contributed by atoms with Crippen molar-refractivity contribution in [1.29, 1.82) is 0 Å². The molecule has 0 aromatic heterocycles. The Kier molecular flexibility index (Phi) is 5.39. The van der Waals surface area contributed by atoms with E-state index in [2.05, 4.69) is 25.7 Å². The van der Waals surface area contributed by atoms with Crippen LogP contribution in [0.15, 0.2) is 0 Å². The monoisotopic (exact) mass is 233 g/mol. The van der Waals surface area contributed by atoms with Gasteiger partial charge in [0, 0.05) is 25.4 Å². The van der Waals surface area contributed by atoms with Crippen LogP contribution in [0.2, 0.25) is 0 Å². The van der Waals surface area contributed by atoms with Crippen LogP contribution in [0.3, 0.4) is 0 Å².